The molecule has 0 bridgehead atoms. The summed E-state index contributed by atoms with van der Waals surface area (Å²) in [5.74, 6) is -2.32. The number of halogens is 1. The van der Waals surface area contributed by atoms with Crippen molar-refractivity contribution in [3.8, 4) is 0 Å². The SMILES string of the molecule is Cc1ccc(C(=O)NC(C(=O)O)c2ccccc2)cc1F. The van der Waals surface area contributed by atoms with Crippen molar-refractivity contribution < 1.29 is 19.1 Å². The number of benzene rings is 2. The molecule has 0 saturated carbocycles. The highest BCUT2D eigenvalue weighted by molar-refractivity contribution is 5.96. The smallest absolute Gasteiger partial charge is 0.330 e. The largest absolute Gasteiger partial charge is 0.479 e. The Labute approximate surface area is 121 Å². The second-order valence-electron chi connectivity index (χ2n) is 4.62. The van der Waals surface area contributed by atoms with Crippen LogP contribution in [0.1, 0.15) is 27.5 Å². The molecule has 0 radical (unpaired) electrons. The minimum Gasteiger partial charge on any atom is -0.479 e. The molecule has 0 aromatic heterocycles. The van der Waals surface area contributed by atoms with Crippen molar-refractivity contribution in [2.24, 2.45) is 0 Å². The molecule has 1 atom stereocenters. The topological polar surface area (TPSA) is 66.4 Å². The monoisotopic (exact) mass is 287 g/mol. The van der Waals surface area contributed by atoms with E-state index in [1.54, 1.807) is 37.3 Å². The second-order valence-corrected chi connectivity index (χ2v) is 4.62. The zero-order valence-corrected chi connectivity index (χ0v) is 11.3. The fraction of sp³-hybridized carbons (Fsp3) is 0.125. The molecule has 2 N–H and O–H groups in total. The normalized spacial score (nSPS) is 11.7. The molecule has 0 aliphatic carbocycles. The number of carbonyl (C=O) groups excluding carboxylic acids is 1. The van der Waals surface area contributed by atoms with Crippen molar-refractivity contribution in [3.05, 3.63) is 71.0 Å². The van der Waals surface area contributed by atoms with E-state index in [9.17, 15) is 19.1 Å². The van der Waals surface area contributed by atoms with E-state index in [0.717, 1.165) is 6.07 Å². The van der Waals surface area contributed by atoms with Crippen LogP contribution in [0, 0.1) is 12.7 Å². The number of carboxylic acid groups (broad SMARTS) is 1. The van der Waals surface area contributed by atoms with Crippen molar-refractivity contribution >= 4 is 11.9 Å². The van der Waals surface area contributed by atoms with Crippen molar-refractivity contribution in [3.63, 3.8) is 0 Å². The molecule has 0 aliphatic rings. The van der Waals surface area contributed by atoms with E-state index >= 15 is 0 Å². The van der Waals surface area contributed by atoms with Crippen LogP contribution < -0.4 is 5.32 Å². The molecule has 5 heteroatoms. The minimum absolute atomic E-state index is 0.0836. The van der Waals surface area contributed by atoms with Gasteiger partial charge < -0.3 is 10.4 Å². The summed E-state index contributed by atoms with van der Waals surface area (Å²) in [4.78, 5) is 23.4. The maximum absolute atomic E-state index is 13.5. The van der Waals surface area contributed by atoms with Crippen LogP contribution in [0.3, 0.4) is 0 Å². The number of rotatable bonds is 4. The van der Waals surface area contributed by atoms with Gasteiger partial charge in [0.25, 0.3) is 5.91 Å². The van der Waals surface area contributed by atoms with E-state index in [1.165, 1.54) is 12.1 Å². The fourth-order valence-corrected chi connectivity index (χ4v) is 1.88. The lowest BCUT2D eigenvalue weighted by molar-refractivity contribution is -0.139. The van der Waals surface area contributed by atoms with Gasteiger partial charge in [-0.15, -0.1) is 0 Å². The van der Waals surface area contributed by atoms with Crippen LogP contribution in [0.5, 0.6) is 0 Å². The van der Waals surface area contributed by atoms with Gasteiger partial charge in [0.2, 0.25) is 0 Å². The van der Waals surface area contributed by atoms with Crippen molar-refractivity contribution in [1.82, 2.24) is 5.32 Å². The van der Waals surface area contributed by atoms with E-state index in [4.69, 9.17) is 0 Å². The Morgan fingerprint density at radius 1 is 1.14 bits per heavy atom. The lowest BCUT2D eigenvalue weighted by Crippen LogP contribution is -2.33. The van der Waals surface area contributed by atoms with Crippen LogP contribution in [0.25, 0.3) is 0 Å². The molecule has 0 fully saturated rings. The van der Waals surface area contributed by atoms with Gasteiger partial charge in [-0.2, -0.15) is 0 Å². The summed E-state index contributed by atoms with van der Waals surface area (Å²) in [5.41, 5.74) is 0.954. The van der Waals surface area contributed by atoms with Crippen molar-refractivity contribution in [2.45, 2.75) is 13.0 Å². The number of amides is 1. The summed E-state index contributed by atoms with van der Waals surface area (Å²) >= 11 is 0. The quantitative estimate of drug-likeness (QED) is 0.908. The molecule has 108 valence electrons. The van der Waals surface area contributed by atoms with Gasteiger partial charge in [-0.3, -0.25) is 4.79 Å². The van der Waals surface area contributed by atoms with Gasteiger partial charge in [0.05, 0.1) is 0 Å². The van der Waals surface area contributed by atoms with Crippen molar-refractivity contribution in [2.75, 3.05) is 0 Å². The molecular weight excluding hydrogens is 273 g/mol. The van der Waals surface area contributed by atoms with E-state index < -0.39 is 23.7 Å². The van der Waals surface area contributed by atoms with Crippen LogP contribution in [0.15, 0.2) is 48.5 Å². The lowest BCUT2D eigenvalue weighted by Gasteiger charge is -2.15. The third-order valence-corrected chi connectivity index (χ3v) is 3.09. The summed E-state index contributed by atoms with van der Waals surface area (Å²) in [6.45, 7) is 1.58. The van der Waals surface area contributed by atoms with Gasteiger partial charge in [-0.25, -0.2) is 9.18 Å². The number of nitrogens with one attached hydrogen (secondary N) is 1. The molecule has 0 saturated heterocycles. The fourth-order valence-electron chi connectivity index (χ4n) is 1.88. The number of carboxylic acids is 1. The van der Waals surface area contributed by atoms with Crippen molar-refractivity contribution in [1.29, 1.82) is 0 Å². The van der Waals surface area contributed by atoms with Gasteiger partial charge in [0.15, 0.2) is 6.04 Å². The Bertz CT molecular complexity index is 670. The van der Waals surface area contributed by atoms with E-state index in [2.05, 4.69) is 5.32 Å². The zero-order chi connectivity index (χ0) is 15.4. The predicted octanol–water partition coefficient (Wildman–Crippen LogP) is 2.69. The minimum atomic E-state index is -1.18. The standard InChI is InChI=1S/C16H14FNO3/c1-10-7-8-12(9-13(10)17)15(19)18-14(16(20)21)11-5-3-2-4-6-11/h2-9,14H,1H3,(H,18,19)(H,20,21). The summed E-state index contributed by atoms with van der Waals surface area (Å²) in [6.07, 6.45) is 0. The first-order valence-corrected chi connectivity index (χ1v) is 6.34. The Morgan fingerprint density at radius 2 is 1.81 bits per heavy atom. The maximum Gasteiger partial charge on any atom is 0.330 e. The van der Waals surface area contributed by atoms with Gasteiger partial charge in [0.1, 0.15) is 5.82 Å². The summed E-state index contributed by atoms with van der Waals surface area (Å²) in [7, 11) is 0. The highest BCUT2D eigenvalue weighted by Crippen LogP contribution is 2.15. The maximum atomic E-state index is 13.5. The Kier molecular flexibility index (Phi) is 4.33. The highest BCUT2D eigenvalue weighted by atomic mass is 19.1. The van der Waals surface area contributed by atoms with Crippen LogP contribution in [0.4, 0.5) is 4.39 Å². The number of hydrogen-bond acceptors (Lipinski definition) is 2. The number of carbonyl (C=O) groups is 2. The summed E-state index contributed by atoms with van der Waals surface area (Å²) < 4.78 is 13.5. The Balaban J connectivity index is 2.23. The van der Waals surface area contributed by atoms with E-state index in [-0.39, 0.29) is 5.56 Å². The average molecular weight is 287 g/mol. The lowest BCUT2D eigenvalue weighted by atomic mass is 10.1. The average Bonchev–Trinajstić information content (AvgIpc) is 2.48. The molecule has 0 spiro atoms. The second kappa shape index (κ2) is 6.17. The van der Waals surface area contributed by atoms with Gasteiger partial charge in [-0.1, -0.05) is 36.4 Å². The molecule has 2 aromatic carbocycles. The molecule has 21 heavy (non-hydrogen) atoms. The zero-order valence-electron chi connectivity index (χ0n) is 11.3. The predicted molar refractivity (Wildman–Crippen MR) is 75.4 cm³/mol. The molecule has 2 aromatic rings. The van der Waals surface area contributed by atoms with E-state index in [0.29, 0.717) is 11.1 Å². The molecule has 4 nitrogen and oxygen atoms in total. The molecule has 0 heterocycles. The highest BCUT2D eigenvalue weighted by Gasteiger charge is 2.22. The van der Waals surface area contributed by atoms with Crippen LogP contribution >= 0.6 is 0 Å². The third kappa shape index (κ3) is 3.45. The molecule has 2 rings (SSSR count). The molecule has 0 aliphatic heterocycles. The first kappa shape index (κ1) is 14.7. The van der Waals surface area contributed by atoms with Gasteiger partial charge in [0, 0.05) is 5.56 Å². The molecule has 1 amide bonds. The molecular formula is C16H14FNO3. The summed E-state index contributed by atoms with van der Waals surface area (Å²) in [5, 5.41) is 11.6. The number of aryl methyl sites for hydroxylation is 1. The first-order valence-electron chi connectivity index (χ1n) is 6.34. The number of aliphatic carboxylic acids is 1. The van der Waals surface area contributed by atoms with Crippen LogP contribution in [0.2, 0.25) is 0 Å². The number of hydrogen-bond donors (Lipinski definition) is 2. The van der Waals surface area contributed by atoms with Gasteiger partial charge in [-0.05, 0) is 30.2 Å². The van der Waals surface area contributed by atoms with Crippen LogP contribution in [-0.2, 0) is 4.79 Å². The van der Waals surface area contributed by atoms with E-state index in [1.807, 2.05) is 0 Å². The van der Waals surface area contributed by atoms with Crippen LogP contribution in [-0.4, -0.2) is 17.0 Å². The Hall–Kier alpha value is -2.69. The summed E-state index contributed by atoms with van der Waals surface area (Å²) in [6, 6.07) is 11.2. The first-order chi connectivity index (χ1) is 9.99. The Morgan fingerprint density at radius 3 is 2.38 bits per heavy atom. The third-order valence-electron chi connectivity index (χ3n) is 3.09. The van der Waals surface area contributed by atoms with Gasteiger partial charge >= 0.3 is 5.97 Å². The molecule has 1 unspecified atom stereocenters.